The van der Waals surface area contributed by atoms with E-state index >= 15 is 0 Å². The molecule has 5 nitrogen and oxygen atoms in total. The van der Waals surface area contributed by atoms with E-state index < -0.39 is 5.97 Å². The van der Waals surface area contributed by atoms with Gasteiger partial charge in [0.05, 0.1) is 17.3 Å². The lowest BCUT2D eigenvalue weighted by atomic mass is 10.1. The first-order chi connectivity index (χ1) is 10.1. The van der Waals surface area contributed by atoms with Crippen molar-refractivity contribution in [2.75, 3.05) is 5.32 Å². The molecule has 0 aliphatic carbocycles. The molecule has 6 heteroatoms. The third kappa shape index (κ3) is 2.90. The standard InChI is InChI=1S/C15H12BrN3O2/c16-11-5-13(12-8-18-19-14(12)6-11)17-7-9-1-3-10(4-2-9)15(20)21/h1-6,8,17H,7H2,(H,18,19)(H,20,21). The SMILES string of the molecule is O=C(O)c1ccc(CNc2cc(Br)cc3[nH]ncc23)cc1. The van der Waals surface area contributed by atoms with Gasteiger partial charge >= 0.3 is 5.97 Å². The Balaban J connectivity index is 1.80. The van der Waals surface area contributed by atoms with Gasteiger partial charge in [-0.05, 0) is 29.8 Å². The Morgan fingerprint density at radius 3 is 2.76 bits per heavy atom. The number of aromatic amines is 1. The number of carbonyl (C=O) groups is 1. The number of halogens is 1. The van der Waals surface area contributed by atoms with Gasteiger partial charge in [-0.25, -0.2) is 4.79 Å². The topological polar surface area (TPSA) is 78.0 Å². The summed E-state index contributed by atoms with van der Waals surface area (Å²) in [6, 6.07) is 10.8. The molecule has 0 amide bonds. The minimum Gasteiger partial charge on any atom is -0.478 e. The van der Waals surface area contributed by atoms with Gasteiger partial charge in [0, 0.05) is 22.1 Å². The third-order valence-electron chi connectivity index (χ3n) is 3.21. The zero-order valence-corrected chi connectivity index (χ0v) is 12.5. The van der Waals surface area contributed by atoms with E-state index in [1.54, 1.807) is 30.5 Å². The summed E-state index contributed by atoms with van der Waals surface area (Å²) in [5.41, 5.74) is 3.22. The molecular weight excluding hydrogens is 334 g/mol. The molecule has 0 saturated carbocycles. The number of nitrogens with zero attached hydrogens (tertiary/aromatic N) is 1. The Kier molecular flexibility index (Phi) is 3.62. The van der Waals surface area contributed by atoms with Crippen LogP contribution in [0.25, 0.3) is 10.9 Å². The van der Waals surface area contributed by atoms with E-state index in [9.17, 15) is 4.79 Å². The van der Waals surface area contributed by atoms with Gasteiger partial charge in [-0.2, -0.15) is 5.10 Å². The average molecular weight is 346 g/mol. The van der Waals surface area contributed by atoms with E-state index in [-0.39, 0.29) is 0 Å². The Morgan fingerprint density at radius 2 is 2.05 bits per heavy atom. The van der Waals surface area contributed by atoms with Gasteiger partial charge in [-0.15, -0.1) is 0 Å². The molecule has 0 saturated heterocycles. The molecule has 21 heavy (non-hydrogen) atoms. The van der Waals surface area contributed by atoms with Crippen molar-refractivity contribution in [2.45, 2.75) is 6.54 Å². The number of rotatable bonds is 4. The fourth-order valence-corrected chi connectivity index (χ4v) is 2.58. The summed E-state index contributed by atoms with van der Waals surface area (Å²) < 4.78 is 0.961. The van der Waals surface area contributed by atoms with Gasteiger partial charge in [-0.1, -0.05) is 28.1 Å². The highest BCUT2D eigenvalue weighted by Gasteiger charge is 2.06. The Labute approximate surface area is 129 Å². The second-order valence-corrected chi connectivity index (χ2v) is 5.56. The number of hydrogen-bond donors (Lipinski definition) is 3. The zero-order valence-electron chi connectivity index (χ0n) is 10.9. The van der Waals surface area contributed by atoms with Crippen LogP contribution in [0.2, 0.25) is 0 Å². The van der Waals surface area contributed by atoms with E-state index in [4.69, 9.17) is 5.11 Å². The van der Waals surface area contributed by atoms with Crippen LogP contribution < -0.4 is 5.32 Å². The van der Waals surface area contributed by atoms with Gasteiger partial charge < -0.3 is 10.4 Å². The number of hydrogen-bond acceptors (Lipinski definition) is 3. The third-order valence-corrected chi connectivity index (χ3v) is 3.67. The molecule has 3 rings (SSSR count). The fourth-order valence-electron chi connectivity index (χ4n) is 2.12. The lowest BCUT2D eigenvalue weighted by molar-refractivity contribution is 0.0697. The summed E-state index contributed by atoms with van der Waals surface area (Å²) in [5.74, 6) is -0.915. The maximum Gasteiger partial charge on any atom is 0.335 e. The largest absolute Gasteiger partial charge is 0.478 e. The monoisotopic (exact) mass is 345 g/mol. The first-order valence-electron chi connectivity index (χ1n) is 6.32. The van der Waals surface area contributed by atoms with E-state index in [1.807, 2.05) is 12.1 Å². The number of aromatic carboxylic acids is 1. The quantitative estimate of drug-likeness (QED) is 0.674. The highest BCUT2D eigenvalue weighted by atomic mass is 79.9. The number of nitrogens with one attached hydrogen (secondary N) is 2. The van der Waals surface area contributed by atoms with E-state index in [1.165, 1.54) is 0 Å². The summed E-state index contributed by atoms with van der Waals surface area (Å²) >= 11 is 3.47. The van der Waals surface area contributed by atoms with Crippen LogP contribution in [0.1, 0.15) is 15.9 Å². The molecule has 1 heterocycles. The van der Waals surface area contributed by atoms with Crippen LogP contribution in [-0.2, 0) is 6.54 Å². The number of H-pyrrole nitrogens is 1. The van der Waals surface area contributed by atoms with Gasteiger partial charge in [0.15, 0.2) is 0 Å². The van der Waals surface area contributed by atoms with E-state index in [0.29, 0.717) is 12.1 Å². The first-order valence-corrected chi connectivity index (χ1v) is 7.11. The first kappa shape index (κ1) is 13.6. The minimum absolute atomic E-state index is 0.290. The van der Waals surface area contributed by atoms with Crippen LogP contribution in [0.4, 0.5) is 5.69 Å². The molecule has 2 aromatic carbocycles. The van der Waals surface area contributed by atoms with Gasteiger partial charge in [0.1, 0.15) is 0 Å². The number of fused-ring (bicyclic) bond motifs is 1. The summed E-state index contributed by atoms with van der Waals surface area (Å²) in [4.78, 5) is 10.8. The van der Waals surface area contributed by atoms with Gasteiger partial charge in [-0.3, -0.25) is 5.10 Å². The normalized spacial score (nSPS) is 10.7. The zero-order chi connectivity index (χ0) is 14.8. The van der Waals surface area contributed by atoms with Crippen LogP contribution in [-0.4, -0.2) is 21.3 Å². The number of carboxylic acid groups (broad SMARTS) is 1. The van der Waals surface area contributed by atoms with Crippen molar-refractivity contribution >= 4 is 38.5 Å². The second kappa shape index (κ2) is 5.57. The van der Waals surface area contributed by atoms with Crippen molar-refractivity contribution in [3.05, 3.63) is 58.2 Å². The fraction of sp³-hybridized carbons (Fsp3) is 0.0667. The molecule has 0 fully saturated rings. The molecule has 0 unspecified atom stereocenters. The molecule has 0 radical (unpaired) electrons. The lowest BCUT2D eigenvalue weighted by Crippen LogP contribution is -2.01. The molecule has 0 aliphatic heterocycles. The van der Waals surface area contributed by atoms with Crippen molar-refractivity contribution in [1.29, 1.82) is 0 Å². The maximum atomic E-state index is 10.8. The molecule has 0 spiro atoms. The molecule has 106 valence electrons. The van der Waals surface area contributed by atoms with Gasteiger partial charge in [0.25, 0.3) is 0 Å². The van der Waals surface area contributed by atoms with Crippen molar-refractivity contribution in [2.24, 2.45) is 0 Å². The summed E-state index contributed by atoms with van der Waals surface area (Å²) in [6.07, 6.45) is 1.78. The van der Waals surface area contributed by atoms with Crippen LogP contribution in [0.3, 0.4) is 0 Å². The number of carboxylic acids is 1. The Hall–Kier alpha value is -2.34. The lowest BCUT2D eigenvalue weighted by Gasteiger charge is -2.08. The van der Waals surface area contributed by atoms with Crippen LogP contribution in [0.15, 0.2) is 47.1 Å². The maximum absolute atomic E-state index is 10.8. The van der Waals surface area contributed by atoms with Crippen molar-refractivity contribution in [3.8, 4) is 0 Å². The van der Waals surface area contributed by atoms with Crippen LogP contribution in [0, 0.1) is 0 Å². The molecule has 3 N–H and O–H groups in total. The molecule has 3 aromatic rings. The van der Waals surface area contributed by atoms with Gasteiger partial charge in [0.2, 0.25) is 0 Å². The predicted octanol–water partition coefficient (Wildman–Crippen LogP) is 3.64. The van der Waals surface area contributed by atoms with Crippen molar-refractivity contribution in [1.82, 2.24) is 10.2 Å². The molecule has 1 aromatic heterocycles. The number of anilines is 1. The summed E-state index contributed by atoms with van der Waals surface area (Å²) in [5, 5.41) is 20.2. The summed E-state index contributed by atoms with van der Waals surface area (Å²) in [7, 11) is 0. The summed E-state index contributed by atoms with van der Waals surface area (Å²) in [6.45, 7) is 0.608. The van der Waals surface area contributed by atoms with E-state index in [2.05, 4.69) is 31.4 Å². The Bertz CT molecular complexity index is 796. The van der Waals surface area contributed by atoms with Crippen molar-refractivity contribution < 1.29 is 9.90 Å². The van der Waals surface area contributed by atoms with E-state index in [0.717, 1.165) is 26.6 Å². The molecule has 0 aliphatic rings. The molecular formula is C15H12BrN3O2. The number of benzene rings is 2. The highest BCUT2D eigenvalue weighted by Crippen LogP contribution is 2.27. The van der Waals surface area contributed by atoms with Crippen LogP contribution >= 0.6 is 15.9 Å². The smallest absolute Gasteiger partial charge is 0.335 e. The second-order valence-electron chi connectivity index (χ2n) is 4.64. The highest BCUT2D eigenvalue weighted by molar-refractivity contribution is 9.10. The molecule has 0 atom stereocenters. The van der Waals surface area contributed by atoms with Crippen LogP contribution in [0.5, 0.6) is 0 Å². The van der Waals surface area contributed by atoms with Crippen molar-refractivity contribution in [3.63, 3.8) is 0 Å². The Morgan fingerprint density at radius 1 is 1.29 bits per heavy atom. The average Bonchev–Trinajstić information content (AvgIpc) is 2.93. The minimum atomic E-state index is -0.915. The predicted molar refractivity (Wildman–Crippen MR) is 84.5 cm³/mol. The number of aromatic nitrogens is 2. The molecule has 0 bridgehead atoms.